The van der Waals surface area contributed by atoms with E-state index >= 15 is 0 Å². The maximum atomic E-state index is 11.6. The Morgan fingerprint density at radius 3 is 2.94 bits per heavy atom. The molecule has 8 heteroatoms. The molecule has 0 bridgehead atoms. The van der Waals surface area contributed by atoms with E-state index < -0.39 is 5.91 Å². The maximum absolute atomic E-state index is 11.6. The van der Waals surface area contributed by atoms with Gasteiger partial charge in [0.2, 0.25) is 11.8 Å². The van der Waals surface area contributed by atoms with Crippen molar-refractivity contribution in [2.45, 2.75) is 0 Å². The zero-order valence-electron chi connectivity index (χ0n) is 8.34. The van der Waals surface area contributed by atoms with Crippen LogP contribution in [0.2, 0.25) is 0 Å². The number of nitrogens with one attached hydrogen (secondary N) is 2. The Kier molecular flexibility index (Phi) is 2.72. The van der Waals surface area contributed by atoms with Crippen LogP contribution in [0.5, 0.6) is 5.88 Å². The SMILES string of the molecule is COc1cc(C(=O)Nc2ncn[nH]2)ncn1. The van der Waals surface area contributed by atoms with E-state index in [2.05, 4.69) is 30.5 Å². The predicted molar refractivity (Wildman–Crippen MR) is 52.9 cm³/mol. The zero-order valence-corrected chi connectivity index (χ0v) is 8.34. The molecule has 0 saturated heterocycles. The van der Waals surface area contributed by atoms with E-state index in [4.69, 9.17) is 4.74 Å². The summed E-state index contributed by atoms with van der Waals surface area (Å²) in [6.07, 6.45) is 2.53. The van der Waals surface area contributed by atoms with Crippen molar-refractivity contribution >= 4 is 11.9 Å². The summed E-state index contributed by atoms with van der Waals surface area (Å²) in [4.78, 5) is 23.0. The van der Waals surface area contributed by atoms with Crippen molar-refractivity contribution in [3.05, 3.63) is 24.4 Å². The fourth-order valence-corrected chi connectivity index (χ4v) is 1.01. The summed E-state index contributed by atoms with van der Waals surface area (Å²) >= 11 is 0. The lowest BCUT2D eigenvalue weighted by atomic mass is 10.4. The summed E-state index contributed by atoms with van der Waals surface area (Å²) in [5.74, 6) is 0.151. The van der Waals surface area contributed by atoms with E-state index in [0.29, 0.717) is 5.88 Å². The van der Waals surface area contributed by atoms with E-state index in [1.807, 2.05) is 0 Å². The number of rotatable bonds is 3. The lowest BCUT2D eigenvalue weighted by Gasteiger charge is -2.01. The summed E-state index contributed by atoms with van der Waals surface area (Å²) in [5.41, 5.74) is 0.184. The third-order valence-corrected chi connectivity index (χ3v) is 1.73. The topological polar surface area (TPSA) is 106 Å². The van der Waals surface area contributed by atoms with Gasteiger partial charge < -0.3 is 4.74 Å². The summed E-state index contributed by atoms with van der Waals surface area (Å²) in [7, 11) is 1.46. The second-order valence-corrected chi connectivity index (χ2v) is 2.73. The maximum Gasteiger partial charge on any atom is 0.276 e. The number of amides is 1. The van der Waals surface area contributed by atoms with Gasteiger partial charge >= 0.3 is 0 Å². The molecule has 0 unspecified atom stereocenters. The number of carbonyl (C=O) groups excluding carboxylic acids is 1. The Morgan fingerprint density at radius 1 is 1.38 bits per heavy atom. The van der Waals surface area contributed by atoms with Crippen LogP contribution in [0.3, 0.4) is 0 Å². The van der Waals surface area contributed by atoms with Gasteiger partial charge in [0.1, 0.15) is 18.3 Å². The first kappa shape index (κ1) is 10.0. The molecule has 2 rings (SSSR count). The molecular weight excluding hydrogens is 212 g/mol. The summed E-state index contributed by atoms with van der Waals surface area (Å²) < 4.78 is 4.87. The summed E-state index contributed by atoms with van der Waals surface area (Å²) in [5, 5.41) is 8.57. The van der Waals surface area contributed by atoms with Crippen LogP contribution < -0.4 is 10.1 Å². The number of methoxy groups -OCH3 is 1. The molecular formula is C8H8N6O2. The fraction of sp³-hybridized carbons (Fsp3) is 0.125. The molecule has 2 aromatic heterocycles. The Hall–Kier alpha value is -2.51. The molecule has 0 spiro atoms. The van der Waals surface area contributed by atoms with Crippen molar-refractivity contribution in [1.29, 1.82) is 0 Å². The van der Waals surface area contributed by atoms with Gasteiger partial charge in [-0.1, -0.05) is 0 Å². The first-order valence-corrected chi connectivity index (χ1v) is 4.32. The van der Waals surface area contributed by atoms with Gasteiger partial charge in [-0.25, -0.2) is 15.1 Å². The fourth-order valence-electron chi connectivity index (χ4n) is 1.01. The first-order valence-electron chi connectivity index (χ1n) is 4.32. The van der Waals surface area contributed by atoms with Gasteiger partial charge in [0.05, 0.1) is 7.11 Å². The van der Waals surface area contributed by atoms with Crippen molar-refractivity contribution in [3.63, 3.8) is 0 Å². The Morgan fingerprint density at radius 2 is 2.25 bits per heavy atom. The average molecular weight is 220 g/mol. The van der Waals surface area contributed by atoms with Gasteiger partial charge in [-0.15, -0.1) is 0 Å². The number of hydrogen-bond donors (Lipinski definition) is 2. The molecule has 0 aliphatic rings. The highest BCUT2D eigenvalue weighted by atomic mass is 16.5. The largest absolute Gasteiger partial charge is 0.481 e. The van der Waals surface area contributed by atoms with Crippen molar-refractivity contribution in [2.24, 2.45) is 0 Å². The molecule has 0 aliphatic carbocycles. The van der Waals surface area contributed by atoms with Gasteiger partial charge in [-0.05, 0) is 0 Å². The minimum atomic E-state index is -0.419. The number of aromatic amines is 1. The molecule has 8 nitrogen and oxygen atoms in total. The van der Waals surface area contributed by atoms with Gasteiger partial charge in [0.15, 0.2) is 0 Å². The Labute approximate surface area is 90.1 Å². The highest BCUT2D eigenvalue weighted by molar-refractivity contribution is 6.01. The predicted octanol–water partition coefficient (Wildman–Crippen LogP) is -0.144. The molecule has 0 fully saturated rings. The van der Waals surface area contributed by atoms with E-state index in [0.717, 1.165) is 0 Å². The molecule has 82 valence electrons. The molecule has 0 aromatic carbocycles. The number of anilines is 1. The molecule has 0 radical (unpaired) electrons. The van der Waals surface area contributed by atoms with Gasteiger partial charge in [0, 0.05) is 6.07 Å². The van der Waals surface area contributed by atoms with E-state index in [9.17, 15) is 4.79 Å². The number of nitrogens with zero attached hydrogens (tertiary/aromatic N) is 4. The lowest BCUT2D eigenvalue weighted by Crippen LogP contribution is -2.15. The lowest BCUT2D eigenvalue weighted by molar-refractivity contribution is 0.102. The number of carbonyl (C=O) groups is 1. The normalized spacial score (nSPS) is 9.81. The quantitative estimate of drug-likeness (QED) is 0.745. The third-order valence-electron chi connectivity index (χ3n) is 1.73. The van der Waals surface area contributed by atoms with Crippen molar-refractivity contribution in [2.75, 3.05) is 12.4 Å². The van der Waals surface area contributed by atoms with Crippen LogP contribution in [0.1, 0.15) is 10.5 Å². The minimum Gasteiger partial charge on any atom is -0.481 e. The highest BCUT2D eigenvalue weighted by Crippen LogP contribution is 2.07. The number of H-pyrrole nitrogens is 1. The average Bonchev–Trinajstić information content (AvgIpc) is 2.82. The molecule has 1 amide bonds. The number of hydrogen-bond acceptors (Lipinski definition) is 6. The van der Waals surface area contributed by atoms with Crippen LogP contribution in [-0.4, -0.2) is 38.2 Å². The van der Waals surface area contributed by atoms with E-state index in [1.54, 1.807) is 0 Å². The molecule has 16 heavy (non-hydrogen) atoms. The smallest absolute Gasteiger partial charge is 0.276 e. The molecule has 2 N–H and O–H groups in total. The van der Waals surface area contributed by atoms with Crippen LogP contribution in [0.25, 0.3) is 0 Å². The Bertz CT molecular complexity index is 483. The second kappa shape index (κ2) is 4.34. The minimum absolute atomic E-state index is 0.184. The standard InChI is InChI=1S/C8H8N6O2/c1-16-6-2-5(9-3-10-6)7(15)13-8-11-4-12-14-8/h2-4H,1H3,(H2,11,12,13,14,15). The molecule has 2 heterocycles. The zero-order chi connectivity index (χ0) is 11.4. The molecule has 2 aromatic rings. The third kappa shape index (κ3) is 2.11. The van der Waals surface area contributed by atoms with Crippen molar-refractivity contribution in [1.82, 2.24) is 25.1 Å². The molecule has 0 aliphatic heterocycles. The molecule has 0 atom stereocenters. The van der Waals surface area contributed by atoms with Crippen molar-refractivity contribution in [3.8, 4) is 5.88 Å². The Balaban J connectivity index is 2.14. The van der Waals surface area contributed by atoms with Crippen LogP contribution >= 0.6 is 0 Å². The van der Waals surface area contributed by atoms with Crippen LogP contribution in [0.15, 0.2) is 18.7 Å². The van der Waals surface area contributed by atoms with E-state index in [1.165, 1.54) is 25.8 Å². The van der Waals surface area contributed by atoms with Gasteiger partial charge in [-0.2, -0.15) is 10.1 Å². The number of ether oxygens (including phenoxy) is 1. The van der Waals surface area contributed by atoms with Gasteiger partial charge in [0.25, 0.3) is 5.91 Å². The van der Waals surface area contributed by atoms with E-state index in [-0.39, 0.29) is 11.6 Å². The van der Waals surface area contributed by atoms with Gasteiger partial charge in [-0.3, -0.25) is 10.1 Å². The highest BCUT2D eigenvalue weighted by Gasteiger charge is 2.10. The molecule has 0 saturated carbocycles. The van der Waals surface area contributed by atoms with Crippen molar-refractivity contribution < 1.29 is 9.53 Å². The van der Waals surface area contributed by atoms with Crippen LogP contribution in [0.4, 0.5) is 5.95 Å². The first-order chi connectivity index (χ1) is 7.79. The number of aromatic nitrogens is 5. The van der Waals surface area contributed by atoms with Crippen LogP contribution in [0, 0.1) is 0 Å². The summed E-state index contributed by atoms with van der Waals surface area (Å²) in [6, 6.07) is 1.42. The van der Waals surface area contributed by atoms with Crippen LogP contribution in [-0.2, 0) is 0 Å². The summed E-state index contributed by atoms with van der Waals surface area (Å²) in [6.45, 7) is 0. The second-order valence-electron chi connectivity index (χ2n) is 2.73. The monoisotopic (exact) mass is 220 g/mol.